The van der Waals surface area contributed by atoms with E-state index < -0.39 is 11.0 Å². The Morgan fingerprint density at radius 2 is 2.05 bits per heavy atom. The Morgan fingerprint density at radius 3 is 2.58 bits per heavy atom. The molecule has 1 aromatic carbocycles. The fraction of sp³-hybridized carbons (Fsp3) is 0.417. The number of amides is 1. The third-order valence-electron chi connectivity index (χ3n) is 2.22. The van der Waals surface area contributed by atoms with Gasteiger partial charge in [0, 0.05) is 23.2 Å². The SMILES string of the molecule is CC(C)NC(=O)C(C)Oc1cc(Cl)ccc1[N+](=O)[O-]. The molecule has 104 valence electrons. The number of halogens is 1. The molecule has 1 rings (SSSR count). The maximum Gasteiger partial charge on any atom is 0.311 e. The third kappa shape index (κ3) is 4.40. The Balaban J connectivity index is 2.89. The Hall–Kier alpha value is -1.82. The standard InChI is InChI=1S/C12H15ClN2O4/c1-7(2)14-12(16)8(3)19-11-6-9(13)4-5-10(11)15(17)18/h4-8H,1-3H3,(H,14,16). The molecule has 0 aliphatic heterocycles. The molecule has 0 spiro atoms. The molecule has 0 heterocycles. The first kappa shape index (κ1) is 15.2. The lowest BCUT2D eigenvalue weighted by atomic mass is 10.2. The minimum Gasteiger partial charge on any atom is -0.474 e. The van der Waals surface area contributed by atoms with E-state index in [4.69, 9.17) is 16.3 Å². The summed E-state index contributed by atoms with van der Waals surface area (Å²) in [4.78, 5) is 21.9. The van der Waals surface area contributed by atoms with E-state index in [1.165, 1.54) is 25.1 Å². The van der Waals surface area contributed by atoms with Gasteiger partial charge >= 0.3 is 5.69 Å². The number of hydrogen-bond donors (Lipinski definition) is 1. The van der Waals surface area contributed by atoms with Gasteiger partial charge in [-0.15, -0.1) is 0 Å². The molecule has 1 atom stereocenters. The fourth-order valence-electron chi connectivity index (χ4n) is 1.38. The number of nitrogens with zero attached hydrogens (tertiary/aromatic N) is 1. The van der Waals surface area contributed by atoms with Crippen LogP contribution in [0.3, 0.4) is 0 Å². The van der Waals surface area contributed by atoms with E-state index in [1.54, 1.807) is 0 Å². The van der Waals surface area contributed by atoms with Crippen LogP contribution in [-0.4, -0.2) is 23.0 Å². The molecule has 0 saturated carbocycles. The summed E-state index contributed by atoms with van der Waals surface area (Å²) in [6.07, 6.45) is -0.848. The molecule has 0 aliphatic rings. The van der Waals surface area contributed by atoms with Gasteiger partial charge in [-0.05, 0) is 26.8 Å². The molecule has 1 aromatic rings. The highest BCUT2D eigenvalue weighted by Crippen LogP contribution is 2.30. The van der Waals surface area contributed by atoms with Crippen molar-refractivity contribution < 1.29 is 14.5 Å². The Bertz CT molecular complexity index is 491. The van der Waals surface area contributed by atoms with Crippen LogP contribution in [0.15, 0.2) is 18.2 Å². The van der Waals surface area contributed by atoms with Gasteiger partial charge in [0.25, 0.3) is 5.91 Å². The first-order chi connectivity index (χ1) is 8.81. The van der Waals surface area contributed by atoms with Crippen LogP contribution in [0.25, 0.3) is 0 Å². The van der Waals surface area contributed by atoms with Gasteiger partial charge in [-0.3, -0.25) is 14.9 Å². The Labute approximate surface area is 115 Å². The molecule has 1 unspecified atom stereocenters. The predicted octanol–water partition coefficient (Wildman–Crippen LogP) is 2.54. The maximum absolute atomic E-state index is 11.7. The molecule has 0 aliphatic carbocycles. The molecule has 6 nitrogen and oxygen atoms in total. The van der Waals surface area contributed by atoms with Crippen LogP contribution in [0.5, 0.6) is 5.75 Å². The van der Waals surface area contributed by atoms with E-state index in [-0.39, 0.29) is 23.4 Å². The van der Waals surface area contributed by atoms with E-state index in [0.717, 1.165) is 0 Å². The summed E-state index contributed by atoms with van der Waals surface area (Å²) in [5.74, 6) is -0.367. The van der Waals surface area contributed by atoms with Crippen molar-refractivity contribution in [1.29, 1.82) is 0 Å². The van der Waals surface area contributed by atoms with Gasteiger partial charge in [0.1, 0.15) is 0 Å². The van der Waals surface area contributed by atoms with Crippen LogP contribution in [-0.2, 0) is 4.79 Å². The topological polar surface area (TPSA) is 81.5 Å². The second-order valence-corrected chi connectivity index (χ2v) is 4.73. The first-order valence-electron chi connectivity index (χ1n) is 5.72. The van der Waals surface area contributed by atoms with E-state index in [9.17, 15) is 14.9 Å². The van der Waals surface area contributed by atoms with E-state index in [1.807, 2.05) is 13.8 Å². The Kier molecular flexibility index (Phi) is 5.11. The number of carbonyl (C=O) groups is 1. The van der Waals surface area contributed by atoms with Crippen molar-refractivity contribution in [2.75, 3.05) is 0 Å². The van der Waals surface area contributed by atoms with Crippen LogP contribution in [0.1, 0.15) is 20.8 Å². The summed E-state index contributed by atoms with van der Waals surface area (Å²) in [5, 5.41) is 13.8. The van der Waals surface area contributed by atoms with E-state index in [0.29, 0.717) is 5.02 Å². The van der Waals surface area contributed by atoms with Crippen LogP contribution in [0.4, 0.5) is 5.69 Å². The van der Waals surface area contributed by atoms with E-state index in [2.05, 4.69) is 5.32 Å². The summed E-state index contributed by atoms with van der Waals surface area (Å²) < 4.78 is 5.31. The average Bonchev–Trinajstić information content (AvgIpc) is 2.27. The normalized spacial score (nSPS) is 12.1. The molecule has 19 heavy (non-hydrogen) atoms. The highest BCUT2D eigenvalue weighted by atomic mass is 35.5. The van der Waals surface area contributed by atoms with Crippen molar-refractivity contribution in [2.24, 2.45) is 0 Å². The molecule has 7 heteroatoms. The number of benzene rings is 1. The molecule has 0 fully saturated rings. The molecule has 0 saturated heterocycles. The molecule has 1 amide bonds. The molecule has 0 bridgehead atoms. The van der Waals surface area contributed by atoms with Crippen LogP contribution in [0.2, 0.25) is 5.02 Å². The number of ether oxygens (including phenoxy) is 1. The van der Waals surface area contributed by atoms with Gasteiger partial charge in [0.05, 0.1) is 4.92 Å². The highest BCUT2D eigenvalue weighted by Gasteiger charge is 2.21. The van der Waals surface area contributed by atoms with Crippen LogP contribution < -0.4 is 10.1 Å². The summed E-state index contributed by atoms with van der Waals surface area (Å²) in [5.41, 5.74) is -0.228. The molecular weight excluding hydrogens is 272 g/mol. The van der Waals surface area contributed by atoms with Crippen molar-refractivity contribution in [2.45, 2.75) is 32.9 Å². The summed E-state index contributed by atoms with van der Waals surface area (Å²) in [6.45, 7) is 5.14. The number of nitro groups is 1. The summed E-state index contributed by atoms with van der Waals surface area (Å²) >= 11 is 5.77. The quantitative estimate of drug-likeness (QED) is 0.666. The molecular formula is C12H15ClN2O4. The van der Waals surface area contributed by atoms with Gasteiger partial charge in [-0.2, -0.15) is 0 Å². The minimum atomic E-state index is -0.848. The lowest BCUT2D eigenvalue weighted by molar-refractivity contribution is -0.386. The Morgan fingerprint density at radius 1 is 1.42 bits per heavy atom. The summed E-state index contributed by atoms with van der Waals surface area (Å²) in [7, 11) is 0. The van der Waals surface area contributed by atoms with Gasteiger partial charge in [0.2, 0.25) is 0 Å². The minimum absolute atomic E-state index is 0.0242. The largest absolute Gasteiger partial charge is 0.474 e. The van der Waals surface area contributed by atoms with Crippen molar-refractivity contribution in [3.05, 3.63) is 33.3 Å². The smallest absolute Gasteiger partial charge is 0.311 e. The van der Waals surface area contributed by atoms with Crippen molar-refractivity contribution in [3.63, 3.8) is 0 Å². The van der Waals surface area contributed by atoms with Crippen LogP contribution >= 0.6 is 11.6 Å². The zero-order valence-electron chi connectivity index (χ0n) is 10.8. The van der Waals surface area contributed by atoms with Crippen LogP contribution in [0, 0.1) is 10.1 Å². The van der Waals surface area contributed by atoms with Gasteiger partial charge < -0.3 is 10.1 Å². The second kappa shape index (κ2) is 6.38. The van der Waals surface area contributed by atoms with Gasteiger partial charge in [-0.1, -0.05) is 11.6 Å². The average molecular weight is 287 g/mol. The lowest BCUT2D eigenvalue weighted by Crippen LogP contribution is -2.40. The van der Waals surface area contributed by atoms with Gasteiger partial charge in [0.15, 0.2) is 11.9 Å². The number of nitro benzene ring substituents is 1. The number of hydrogen-bond acceptors (Lipinski definition) is 4. The van der Waals surface area contributed by atoms with Crippen molar-refractivity contribution >= 4 is 23.2 Å². The first-order valence-corrected chi connectivity index (χ1v) is 6.10. The summed E-state index contributed by atoms with van der Waals surface area (Å²) in [6, 6.07) is 3.92. The maximum atomic E-state index is 11.7. The zero-order chi connectivity index (χ0) is 14.6. The van der Waals surface area contributed by atoms with Gasteiger partial charge in [-0.25, -0.2) is 0 Å². The van der Waals surface area contributed by atoms with E-state index >= 15 is 0 Å². The zero-order valence-corrected chi connectivity index (χ0v) is 11.6. The molecule has 0 aromatic heterocycles. The third-order valence-corrected chi connectivity index (χ3v) is 2.46. The fourth-order valence-corrected chi connectivity index (χ4v) is 1.54. The highest BCUT2D eigenvalue weighted by molar-refractivity contribution is 6.30. The molecule has 0 radical (unpaired) electrons. The van der Waals surface area contributed by atoms with Crippen molar-refractivity contribution in [3.8, 4) is 5.75 Å². The number of rotatable bonds is 5. The predicted molar refractivity (Wildman–Crippen MR) is 71.5 cm³/mol. The lowest BCUT2D eigenvalue weighted by Gasteiger charge is -2.16. The molecule has 1 N–H and O–H groups in total. The second-order valence-electron chi connectivity index (χ2n) is 4.29. The number of carbonyl (C=O) groups excluding carboxylic acids is 1. The number of nitrogens with one attached hydrogen (secondary N) is 1. The van der Waals surface area contributed by atoms with Crippen molar-refractivity contribution in [1.82, 2.24) is 5.32 Å². The monoisotopic (exact) mass is 286 g/mol.